The van der Waals surface area contributed by atoms with Crippen LogP contribution in [0.15, 0.2) is 12.4 Å². The molecule has 0 saturated heterocycles. The normalized spacial score (nSPS) is 24.7. The van der Waals surface area contributed by atoms with E-state index in [-0.39, 0.29) is 17.9 Å². The van der Waals surface area contributed by atoms with E-state index >= 15 is 0 Å². The number of rotatable bonds is 3. The van der Waals surface area contributed by atoms with Crippen molar-refractivity contribution in [2.45, 2.75) is 32.4 Å². The molecule has 2 unspecified atom stereocenters. The highest BCUT2D eigenvalue weighted by Crippen LogP contribution is 2.31. The number of carboxylic acid groups (broad SMARTS) is 1. The van der Waals surface area contributed by atoms with Gasteiger partial charge in [-0.1, -0.05) is 6.42 Å². The number of carboxylic acids is 1. The van der Waals surface area contributed by atoms with Crippen LogP contribution in [-0.2, 0) is 17.9 Å². The van der Waals surface area contributed by atoms with Crippen LogP contribution in [0.25, 0.3) is 0 Å². The zero-order valence-corrected chi connectivity index (χ0v) is 11.9. The Morgan fingerprint density at radius 1 is 1.38 bits per heavy atom. The van der Waals surface area contributed by atoms with Gasteiger partial charge in [0.05, 0.1) is 12.5 Å². The lowest BCUT2D eigenvalue weighted by Crippen LogP contribution is -2.46. The summed E-state index contributed by atoms with van der Waals surface area (Å²) in [6.45, 7) is 2.36. The third-order valence-corrected chi connectivity index (χ3v) is 4.52. The van der Waals surface area contributed by atoms with E-state index in [9.17, 15) is 9.59 Å². The molecule has 114 valence electrons. The van der Waals surface area contributed by atoms with Gasteiger partial charge in [-0.2, -0.15) is 0 Å². The Bertz CT molecular complexity index is 542. The van der Waals surface area contributed by atoms with E-state index in [1.54, 1.807) is 11.1 Å². The van der Waals surface area contributed by atoms with Crippen LogP contribution >= 0.6 is 0 Å². The van der Waals surface area contributed by atoms with Gasteiger partial charge < -0.3 is 19.9 Å². The van der Waals surface area contributed by atoms with Crippen molar-refractivity contribution in [3.63, 3.8) is 0 Å². The van der Waals surface area contributed by atoms with E-state index in [0.717, 1.165) is 31.6 Å². The fourth-order valence-electron chi connectivity index (χ4n) is 3.28. The van der Waals surface area contributed by atoms with Crippen molar-refractivity contribution in [2.75, 3.05) is 13.1 Å². The standard InChI is InChI=1S/C14H20N4O3/c19-13(20)11-3-1-2-10(11)8-16-14(21)18-7-6-17-5-4-15-12(17)9-18/h4-5,10-11H,1-3,6-9H2,(H,16,21)(H,19,20). The van der Waals surface area contributed by atoms with Crippen molar-refractivity contribution >= 4 is 12.0 Å². The van der Waals surface area contributed by atoms with Crippen LogP contribution in [-0.4, -0.2) is 44.6 Å². The first-order chi connectivity index (χ1) is 10.1. The van der Waals surface area contributed by atoms with E-state index in [0.29, 0.717) is 19.6 Å². The van der Waals surface area contributed by atoms with Crippen molar-refractivity contribution in [3.05, 3.63) is 18.2 Å². The van der Waals surface area contributed by atoms with E-state index in [1.165, 1.54) is 0 Å². The lowest BCUT2D eigenvalue weighted by molar-refractivity contribution is -0.142. The van der Waals surface area contributed by atoms with Crippen LogP contribution in [0.4, 0.5) is 4.79 Å². The maximum atomic E-state index is 12.2. The fourth-order valence-corrected chi connectivity index (χ4v) is 3.28. The van der Waals surface area contributed by atoms with Gasteiger partial charge in [0.2, 0.25) is 0 Å². The molecule has 0 aromatic carbocycles. The lowest BCUT2D eigenvalue weighted by Gasteiger charge is -2.28. The van der Waals surface area contributed by atoms with Crippen LogP contribution in [0.5, 0.6) is 0 Å². The fraction of sp³-hybridized carbons (Fsp3) is 0.643. The Labute approximate surface area is 122 Å². The third kappa shape index (κ3) is 2.86. The average molecular weight is 292 g/mol. The number of amides is 2. The number of nitrogens with zero attached hydrogens (tertiary/aromatic N) is 3. The maximum Gasteiger partial charge on any atom is 0.317 e. The number of urea groups is 1. The number of aliphatic carboxylic acids is 1. The van der Waals surface area contributed by atoms with Gasteiger partial charge in [0.25, 0.3) is 0 Å². The van der Waals surface area contributed by atoms with Crippen molar-refractivity contribution in [3.8, 4) is 0 Å². The molecule has 1 saturated carbocycles. The second kappa shape index (κ2) is 5.75. The number of fused-ring (bicyclic) bond motifs is 1. The SMILES string of the molecule is O=C(O)C1CCCC1CNC(=O)N1CCn2ccnc2C1. The summed E-state index contributed by atoms with van der Waals surface area (Å²) in [6, 6.07) is -0.125. The zero-order valence-electron chi connectivity index (χ0n) is 11.9. The van der Waals surface area contributed by atoms with Gasteiger partial charge in [0, 0.05) is 32.0 Å². The number of aromatic nitrogens is 2. The highest BCUT2D eigenvalue weighted by atomic mass is 16.4. The van der Waals surface area contributed by atoms with E-state index < -0.39 is 5.97 Å². The van der Waals surface area contributed by atoms with Crippen LogP contribution in [0.1, 0.15) is 25.1 Å². The second-order valence-electron chi connectivity index (χ2n) is 5.78. The van der Waals surface area contributed by atoms with Crippen molar-refractivity contribution < 1.29 is 14.7 Å². The molecule has 2 N–H and O–H groups in total. The third-order valence-electron chi connectivity index (χ3n) is 4.52. The first-order valence-corrected chi connectivity index (χ1v) is 7.40. The molecule has 7 nitrogen and oxygen atoms in total. The summed E-state index contributed by atoms with van der Waals surface area (Å²) in [6.07, 6.45) is 6.19. The molecular weight excluding hydrogens is 272 g/mol. The number of imidazole rings is 1. The van der Waals surface area contributed by atoms with E-state index in [4.69, 9.17) is 5.11 Å². The van der Waals surface area contributed by atoms with Crippen molar-refractivity contribution in [1.82, 2.24) is 19.8 Å². The highest BCUT2D eigenvalue weighted by Gasteiger charge is 2.33. The Morgan fingerprint density at radius 3 is 3.05 bits per heavy atom. The quantitative estimate of drug-likeness (QED) is 0.867. The Balaban J connectivity index is 1.52. The van der Waals surface area contributed by atoms with Crippen LogP contribution in [0.2, 0.25) is 0 Å². The first-order valence-electron chi connectivity index (χ1n) is 7.40. The minimum atomic E-state index is -0.744. The molecule has 21 heavy (non-hydrogen) atoms. The molecule has 0 spiro atoms. The molecule has 2 amide bonds. The van der Waals surface area contributed by atoms with Gasteiger partial charge in [0.1, 0.15) is 5.82 Å². The summed E-state index contributed by atoms with van der Waals surface area (Å²) in [4.78, 5) is 29.3. The van der Waals surface area contributed by atoms with Crippen molar-refractivity contribution in [2.24, 2.45) is 11.8 Å². The molecule has 1 fully saturated rings. The van der Waals surface area contributed by atoms with Gasteiger partial charge >= 0.3 is 12.0 Å². The molecule has 0 radical (unpaired) electrons. The highest BCUT2D eigenvalue weighted by molar-refractivity contribution is 5.74. The number of nitrogens with one attached hydrogen (secondary N) is 1. The minimum Gasteiger partial charge on any atom is -0.481 e. The molecule has 0 bridgehead atoms. The molecular formula is C14H20N4O3. The van der Waals surface area contributed by atoms with Crippen LogP contribution in [0.3, 0.4) is 0 Å². The van der Waals surface area contributed by atoms with E-state index in [2.05, 4.69) is 10.3 Å². The molecule has 2 atom stereocenters. The van der Waals surface area contributed by atoms with Gasteiger partial charge in [-0.3, -0.25) is 4.79 Å². The lowest BCUT2D eigenvalue weighted by atomic mass is 9.96. The average Bonchev–Trinajstić information content (AvgIpc) is 3.12. The van der Waals surface area contributed by atoms with Crippen LogP contribution in [0, 0.1) is 11.8 Å². The predicted octanol–water partition coefficient (Wildman–Crippen LogP) is 0.909. The molecule has 1 aliphatic heterocycles. The predicted molar refractivity (Wildman–Crippen MR) is 74.5 cm³/mol. The Kier molecular flexibility index (Phi) is 3.81. The summed E-state index contributed by atoms with van der Waals surface area (Å²) in [5.74, 6) is -0.115. The molecule has 2 heterocycles. The maximum absolute atomic E-state index is 12.2. The van der Waals surface area contributed by atoms with E-state index in [1.807, 2.05) is 10.8 Å². The minimum absolute atomic E-state index is 0.0539. The van der Waals surface area contributed by atoms with Crippen molar-refractivity contribution in [1.29, 1.82) is 0 Å². The molecule has 1 aromatic heterocycles. The molecule has 3 rings (SSSR count). The number of carbonyl (C=O) groups excluding carboxylic acids is 1. The van der Waals surface area contributed by atoms with Gasteiger partial charge in [0.15, 0.2) is 0 Å². The topological polar surface area (TPSA) is 87.5 Å². The summed E-state index contributed by atoms with van der Waals surface area (Å²) in [5.41, 5.74) is 0. The summed E-state index contributed by atoms with van der Waals surface area (Å²) < 4.78 is 2.04. The molecule has 1 aliphatic carbocycles. The summed E-state index contributed by atoms with van der Waals surface area (Å²) in [7, 11) is 0. The number of hydrogen-bond donors (Lipinski definition) is 2. The van der Waals surface area contributed by atoms with Gasteiger partial charge in [-0.25, -0.2) is 9.78 Å². The number of hydrogen-bond acceptors (Lipinski definition) is 3. The largest absolute Gasteiger partial charge is 0.481 e. The summed E-state index contributed by atoms with van der Waals surface area (Å²) in [5, 5.41) is 12.0. The van der Waals surface area contributed by atoms with Gasteiger partial charge in [-0.15, -0.1) is 0 Å². The second-order valence-corrected chi connectivity index (χ2v) is 5.78. The Hall–Kier alpha value is -2.05. The monoisotopic (exact) mass is 292 g/mol. The van der Waals surface area contributed by atoms with Gasteiger partial charge in [-0.05, 0) is 18.8 Å². The molecule has 1 aromatic rings. The smallest absolute Gasteiger partial charge is 0.317 e. The van der Waals surface area contributed by atoms with Crippen LogP contribution < -0.4 is 5.32 Å². The molecule has 7 heteroatoms. The zero-order chi connectivity index (χ0) is 14.8. The molecule has 2 aliphatic rings. The number of carbonyl (C=O) groups is 2. The summed E-state index contributed by atoms with van der Waals surface area (Å²) >= 11 is 0. The Morgan fingerprint density at radius 2 is 2.24 bits per heavy atom. The first kappa shape index (κ1) is 13.9.